The highest BCUT2D eigenvalue weighted by Crippen LogP contribution is 2.20. The van der Waals surface area contributed by atoms with Gasteiger partial charge in [-0.25, -0.2) is 0 Å². The monoisotopic (exact) mass is 249 g/mol. The number of nitrogens with zero attached hydrogens (tertiary/aromatic N) is 1. The Morgan fingerprint density at radius 3 is 2.76 bits per heavy atom. The minimum Gasteiger partial charge on any atom is -0.494 e. The number of benzene rings is 1. The molecule has 0 aliphatic carbocycles. The molecule has 0 saturated heterocycles. The summed E-state index contributed by atoms with van der Waals surface area (Å²) >= 11 is 1.33. The van der Waals surface area contributed by atoms with Gasteiger partial charge in [-0.15, -0.1) is 0 Å². The highest BCUT2D eigenvalue weighted by Gasteiger charge is 2.03. The second-order valence-corrected chi connectivity index (χ2v) is 4.64. The third-order valence-corrected chi connectivity index (χ3v) is 3.25. The Morgan fingerprint density at radius 2 is 2.12 bits per heavy atom. The zero-order valence-electron chi connectivity index (χ0n) is 10.5. The van der Waals surface area contributed by atoms with E-state index in [-0.39, 0.29) is 0 Å². The Hall–Kier alpha value is -1.14. The van der Waals surface area contributed by atoms with Gasteiger partial charge in [0.05, 0.1) is 6.61 Å². The van der Waals surface area contributed by atoms with Crippen molar-refractivity contribution in [3.8, 4) is 11.2 Å². The molecule has 0 amide bonds. The van der Waals surface area contributed by atoms with Gasteiger partial charge >= 0.3 is 0 Å². The number of thiocyanates is 1. The lowest BCUT2D eigenvalue weighted by molar-refractivity contribution is 0.340. The van der Waals surface area contributed by atoms with Gasteiger partial charge in [-0.05, 0) is 61.2 Å². The maximum atomic E-state index is 8.46. The fraction of sp³-hybridized carbons (Fsp3) is 0.500. The largest absolute Gasteiger partial charge is 0.494 e. The summed E-state index contributed by atoms with van der Waals surface area (Å²) in [7, 11) is 0. The Balaban J connectivity index is 2.62. The molecule has 2 nitrogen and oxygen atoms in total. The van der Waals surface area contributed by atoms with Gasteiger partial charge in [0.2, 0.25) is 0 Å². The predicted molar refractivity (Wildman–Crippen MR) is 73.4 cm³/mol. The molecule has 0 atom stereocenters. The van der Waals surface area contributed by atoms with Crippen LogP contribution in [-0.2, 0) is 12.8 Å². The molecule has 0 aromatic heterocycles. The SMILES string of the molecule is CCOc1ccc(CCCSC#N)c(CC)c1. The van der Waals surface area contributed by atoms with Crippen molar-refractivity contribution in [2.75, 3.05) is 12.4 Å². The van der Waals surface area contributed by atoms with Crippen LogP contribution in [0.15, 0.2) is 18.2 Å². The van der Waals surface area contributed by atoms with E-state index in [1.807, 2.05) is 13.0 Å². The van der Waals surface area contributed by atoms with Crippen LogP contribution < -0.4 is 4.74 Å². The number of nitriles is 1. The summed E-state index contributed by atoms with van der Waals surface area (Å²) in [5, 5.41) is 10.6. The molecule has 0 N–H and O–H groups in total. The average Bonchev–Trinajstić information content (AvgIpc) is 2.36. The van der Waals surface area contributed by atoms with E-state index in [0.29, 0.717) is 6.61 Å². The van der Waals surface area contributed by atoms with Crippen LogP contribution in [0.5, 0.6) is 5.75 Å². The van der Waals surface area contributed by atoms with Gasteiger partial charge in [-0.1, -0.05) is 13.0 Å². The Bertz CT molecular complexity index is 384. The lowest BCUT2D eigenvalue weighted by atomic mass is 10.0. The summed E-state index contributed by atoms with van der Waals surface area (Å²) in [4.78, 5) is 0. The van der Waals surface area contributed by atoms with Crippen LogP contribution in [0.1, 0.15) is 31.4 Å². The Morgan fingerprint density at radius 1 is 1.29 bits per heavy atom. The minimum atomic E-state index is 0.710. The lowest BCUT2D eigenvalue weighted by Crippen LogP contribution is -1.97. The van der Waals surface area contributed by atoms with Gasteiger partial charge in [-0.2, -0.15) is 5.26 Å². The Labute approximate surface area is 108 Å². The third-order valence-electron chi connectivity index (χ3n) is 2.63. The molecule has 0 saturated carbocycles. The third kappa shape index (κ3) is 4.70. The van der Waals surface area contributed by atoms with E-state index >= 15 is 0 Å². The predicted octanol–water partition coefficient (Wildman–Crippen LogP) is 3.79. The van der Waals surface area contributed by atoms with Crippen molar-refractivity contribution in [1.29, 1.82) is 5.26 Å². The topological polar surface area (TPSA) is 33.0 Å². The van der Waals surface area contributed by atoms with Crippen LogP contribution in [0.4, 0.5) is 0 Å². The summed E-state index contributed by atoms with van der Waals surface area (Å²) in [5.74, 6) is 1.87. The molecule has 0 aliphatic rings. The smallest absolute Gasteiger partial charge is 0.133 e. The van der Waals surface area contributed by atoms with Crippen molar-refractivity contribution in [3.05, 3.63) is 29.3 Å². The van der Waals surface area contributed by atoms with Crippen molar-refractivity contribution in [3.63, 3.8) is 0 Å². The van der Waals surface area contributed by atoms with Gasteiger partial charge in [-0.3, -0.25) is 0 Å². The first-order chi connectivity index (χ1) is 8.31. The molecule has 0 bridgehead atoms. The van der Waals surface area contributed by atoms with Crippen molar-refractivity contribution in [2.45, 2.75) is 33.1 Å². The molecule has 0 heterocycles. The normalized spacial score (nSPS) is 9.94. The van der Waals surface area contributed by atoms with E-state index in [0.717, 1.165) is 30.8 Å². The van der Waals surface area contributed by atoms with Gasteiger partial charge in [0, 0.05) is 5.75 Å². The number of aryl methyl sites for hydroxylation is 2. The lowest BCUT2D eigenvalue weighted by Gasteiger charge is -2.10. The van der Waals surface area contributed by atoms with E-state index in [2.05, 4.69) is 24.5 Å². The number of thioether (sulfide) groups is 1. The zero-order valence-corrected chi connectivity index (χ0v) is 11.3. The minimum absolute atomic E-state index is 0.710. The number of hydrogen-bond donors (Lipinski definition) is 0. The van der Waals surface area contributed by atoms with Crippen molar-refractivity contribution >= 4 is 11.8 Å². The molecule has 0 spiro atoms. The van der Waals surface area contributed by atoms with Crippen LogP contribution in [-0.4, -0.2) is 12.4 Å². The second-order valence-electron chi connectivity index (χ2n) is 3.76. The number of rotatable bonds is 7. The van der Waals surface area contributed by atoms with E-state index in [1.54, 1.807) is 0 Å². The quantitative estimate of drug-likeness (QED) is 0.544. The highest BCUT2D eigenvalue weighted by molar-refractivity contribution is 8.03. The first-order valence-corrected chi connectivity index (χ1v) is 7.05. The molecule has 0 radical (unpaired) electrons. The maximum absolute atomic E-state index is 8.46. The number of hydrogen-bond acceptors (Lipinski definition) is 3. The molecule has 3 heteroatoms. The summed E-state index contributed by atoms with van der Waals surface area (Å²) in [6.07, 6.45) is 3.13. The first-order valence-electron chi connectivity index (χ1n) is 6.07. The first kappa shape index (κ1) is 13.9. The van der Waals surface area contributed by atoms with E-state index in [9.17, 15) is 0 Å². The molecule has 17 heavy (non-hydrogen) atoms. The summed E-state index contributed by atoms with van der Waals surface area (Å²) in [6, 6.07) is 6.33. The van der Waals surface area contributed by atoms with Crippen LogP contribution in [0, 0.1) is 10.7 Å². The molecule has 1 aromatic carbocycles. The maximum Gasteiger partial charge on any atom is 0.133 e. The van der Waals surface area contributed by atoms with Crippen molar-refractivity contribution in [1.82, 2.24) is 0 Å². The number of ether oxygens (including phenoxy) is 1. The second kappa shape index (κ2) is 8.03. The molecule has 92 valence electrons. The highest BCUT2D eigenvalue weighted by atomic mass is 32.2. The molecular formula is C14H19NOS. The van der Waals surface area contributed by atoms with Gasteiger partial charge in [0.25, 0.3) is 0 Å². The molecule has 1 aromatic rings. The standard InChI is InChI=1S/C14H19NOS/c1-3-12-10-14(16-4-2)8-7-13(12)6-5-9-17-11-15/h7-8,10H,3-6,9H2,1-2H3. The van der Waals surface area contributed by atoms with Crippen LogP contribution in [0.2, 0.25) is 0 Å². The van der Waals surface area contributed by atoms with Crippen LogP contribution in [0.25, 0.3) is 0 Å². The van der Waals surface area contributed by atoms with Gasteiger partial charge < -0.3 is 4.74 Å². The molecule has 0 aliphatic heterocycles. The average molecular weight is 249 g/mol. The molecule has 1 rings (SSSR count). The van der Waals surface area contributed by atoms with Crippen molar-refractivity contribution < 1.29 is 4.74 Å². The van der Waals surface area contributed by atoms with E-state index in [4.69, 9.17) is 10.00 Å². The summed E-state index contributed by atoms with van der Waals surface area (Å²) in [5.41, 5.74) is 2.74. The van der Waals surface area contributed by atoms with Crippen LogP contribution in [0.3, 0.4) is 0 Å². The molecule has 0 unspecified atom stereocenters. The zero-order chi connectivity index (χ0) is 12.5. The summed E-state index contributed by atoms with van der Waals surface area (Å²) in [6.45, 7) is 4.87. The van der Waals surface area contributed by atoms with Crippen LogP contribution >= 0.6 is 11.8 Å². The fourth-order valence-corrected chi connectivity index (χ4v) is 2.19. The Kier molecular flexibility index (Phi) is 6.57. The van der Waals surface area contributed by atoms with Crippen molar-refractivity contribution in [2.24, 2.45) is 0 Å². The fourth-order valence-electron chi connectivity index (χ4n) is 1.81. The van der Waals surface area contributed by atoms with E-state index in [1.165, 1.54) is 22.9 Å². The van der Waals surface area contributed by atoms with E-state index < -0.39 is 0 Å². The molecular weight excluding hydrogens is 230 g/mol. The van der Waals surface area contributed by atoms with Gasteiger partial charge in [0.15, 0.2) is 0 Å². The van der Waals surface area contributed by atoms with Gasteiger partial charge in [0.1, 0.15) is 11.2 Å². The molecule has 0 fully saturated rings. The summed E-state index contributed by atoms with van der Waals surface area (Å²) < 4.78 is 5.50.